The van der Waals surface area contributed by atoms with Crippen molar-refractivity contribution in [3.05, 3.63) is 0 Å². The predicted molar refractivity (Wildman–Crippen MR) is 101 cm³/mol. The molecule has 2 aliphatic carbocycles. The fourth-order valence-corrected chi connectivity index (χ4v) is 7.11. The summed E-state index contributed by atoms with van der Waals surface area (Å²) in [6, 6.07) is 1.11. The molecule has 0 aromatic heterocycles. The van der Waals surface area contributed by atoms with Crippen molar-refractivity contribution >= 4 is 9.28 Å². The summed E-state index contributed by atoms with van der Waals surface area (Å²) >= 11 is 0. The average Bonchev–Trinajstić information content (AvgIpc) is 2.64. The van der Waals surface area contributed by atoms with Gasteiger partial charge < -0.3 is 8.85 Å². The first-order valence-electron chi connectivity index (χ1n) is 10.6. The molecule has 23 heavy (non-hydrogen) atoms. The Balaban J connectivity index is 2.16. The fourth-order valence-electron chi connectivity index (χ4n) is 5.10. The molecule has 0 aliphatic heterocycles. The van der Waals surface area contributed by atoms with Gasteiger partial charge in [0, 0.05) is 6.61 Å². The molecule has 0 bridgehead atoms. The first kappa shape index (κ1) is 19.5. The van der Waals surface area contributed by atoms with E-state index in [4.69, 9.17) is 8.85 Å². The van der Waals surface area contributed by atoms with Crippen LogP contribution in [0.4, 0.5) is 0 Å². The van der Waals surface area contributed by atoms with Crippen LogP contribution in [0.15, 0.2) is 0 Å². The highest BCUT2D eigenvalue weighted by Gasteiger charge is 2.46. The third-order valence-electron chi connectivity index (χ3n) is 6.34. The van der Waals surface area contributed by atoms with Gasteiger partial charge in [-0.3, -0.25) is 0 Å². The van der Waals surface area contributed by atoms with Crippen LogP contribution in [0.25, 0.3) is 0 Å². The van der Waals surface area contributed by atoms with Crippen LogP contribution < -0.4 is 0 Å². The van der Waals surface area contributed by atoms with Crippen molar-refractivity contribution in [2.75, 3.05) is 6.61 Å². The summed E-state index contributed by atoms with van der Waals surface area (Å²) in [4.78, 5) is 0. The van der Waals surface area contributed by atoms with Crippen molar-refractivity contribution in [3.63, 3.8) is 0 Å². The minimum Gasteiger partial charge on any atom is -0.397 e. The Labute approximate surface area is 146 Å². The second-order valence-electron chi connectivity index (χ2n) is 7.80. The highest BCUT2D eigenvalue weighted by Crippen LogP contribution is 2.47. The summed E-state index contributed by atoms with van der Waals surface area (Å²) < 4.78 is 13.2. The van der Waals surface area contributed by atoms with E-state index < -0.39 is 9.28 Å². The SMILES string of the molecule is CCCO[SiH](CC)OC(CC)(C1CCCCC1)C1CCCCC1. The van der Waals surface area contributed by atoms with Crippen molar-refractivity contribution < 1.29 is 8.85 Å². The van der Waals surface area contributed by atoms with E-state index in [1.54, 1.807) is 0 Å². The first-order chi connectivity index (χ1) is 11.3. The molecule has 2 saturated carbocycles. The van der Waals surface area contributed by atoms with Crippen LogP contribution in [-0.2, 0) is 8.85 Å². The standard InChI is InChI=1S/C20H40O2Si/c1-4-17-21-23(6-3)22-20(5-2,18-13-9-7-10-14-18)19-15-11-8-12-16-19/h18-19,23H,4-17H2,1-3H3. The zero-order chi connectivity index (χ0) is 16.5. The predicted octanol–water partition coefficient (Wildman–Crippen LogP) is 5.98. The number of hydrogen-bond donors (Lipinski definition) is 0. The average molecular weight is 341 g/mol. The van der Waals surface area contributed by atoms with E-state index in [0.29, 0.717) is 0 Å². The summed E-state index contributed by atoms with van der Waals surface area (Å²) in [7, 11) is -1.52. The first-order valence-corrected chi connectivity index (χ1v) is 12.3. The maximum atomic E-state index is 7.03. The van der Waals surface area contributed by atoms with Crippen LogP contribution in [-0.4, -0.2) is 21.5 Å². The van der Waals surface area contributed by atoms with Crippen LogP contribution in [0.5, 0.6) is 0 Å². The minimum absolute atomic E-state index is 0.140. The molecular formula is C20H40O2Si. The molecule has 2 aliphatic rings. The monoisotopic (exact) mass is 340 g/mol. The maximum absolute atomic E-state index is 7.03. The van der Waals surface area contributed by atoms with E-state index in [9.17, 15) is 0 Å². The Morgan fingerprint density at radius 1 is 0.826 bits per heavy atom. The zero-order valence-electron chi connectivity index (χ0n) is 15.9. The van der Waals surface area contributed by atoms with Crippen LogP contribution in [0, 0.1) is 11.8 Å². The molecule has 1 atom stereocenters. The summed E-state index contributed by atoms with van der Waals surface area (Å²) in [6.45, 7) is 7.76. The largest absolute Gasteiger partial charge is 0.397 e. The molecule has 0 radical (unpaired) electrons. The van der Waals surface area contributed by atoms with Crippen LogP contribution >= 0.6 is 0 Å². The number of hydrogen-bond acceptors (Lipinski definition) is 2. The van der Waals surface area contributed by atoms with Gasteiger partial charge in [-0.15, -0.1) is 0 Å². The molecule has 0 N–H and O–H groups in total. The van der Waals surface area contributed by atoms with Crippen molar-refractivity contribution in [3.8, 4) is 0 Å². The van der Waals surface area contributed by atoms with Gasteiger partial charge in [0.15, 0.2) is 0 Å². The Kier molecular flexibility index (Phi) is 8.63. The van der Waals surface area contributed by atoms with Gasteiger partial charge in [0.25, 0.3) is 0 Å². The summed E-state index contributed by atoms with van der Waals surface area (Å²) in [5.74, 6) is 1.58. The molecule has 0 amide bonds. The Morgan fingerprint density at radius 3 is 1.74 bits per heavy atom. The van der Waals surface area contributed by atoms with Gasteiger partial charge in [-0.05, 0) is 56.4 Å². The normalized spacial score (nSPS) is 23.1. The topological polar surface area (TPSA) is 18.5 Å². The van der Waals surface area contributed by atoms with E-state index in [2.05, 4.69) is 20.8 Å². The van der Waals surface area contributed by atoms with Gasteiger partial charge >= 0.3 is 9.28 Å². The zero-order valence-corrected chi connectivity index (χ0v) is 17.1. The highest BCUT2D eigenvalue weighted by atomic mass is 28.3. The van der Waals surface area contributed by atoms with Crippen molar-refractivity contribution in [2.24, 2.45) is 11.8 Å². The van der Waals surface area contributed by atoms with Gasteiger partial charge in [-0.25, -0.2) is 0 Å². The maximum Gasteiger partial charge on any atom is 0.321 e. The van der Waals surface area contributed by atoms with Crippen LogP contribution in [0.1, 0.15) is 97.8 Å². The molecule has 0 saturated heterocycles. The molecular weight excluding hydrogens is 300 g/mol. The Morgan fingerprint density at radius 2 is 1.35 bits per heavy atom. The lowest BCUT2D eigenvalue weighted by atomic mass is 9.65. The van der Waals surface area contributed by atoms with Gasteiger partial charge in [0.1, 0.15) is 0 Å². The minimum atomic E-state index is -1.52. The lowest BCUT2D eigenvalue weighted by Crippen LogP contribution is -2.52. The smallest absolute Gasteiger partial charge is 0.321 e. The van der Waals surface area contributed by atoms with Gasteiger partial charge in [-0.1, -0.05) is 59.3 Å². The molecule has 0 aromatic rings. The second kappa shape index (κ2) is 10.2. The lowest BCUT2D eigenvalue weighted by Gasteiger charge is -2.50. The second-order valence-corrected chi connectivity index (χ2v) is 10.0. The van der Waals surface area contributed by atoms with E-state index in [0.717, 1.165) is 30.9 Å². The van der Waals surface area contributed by atoms with Crippen molar-refractivity contribution in [1.82, 2.24) is 0 Å². The summed E-state index contributed by atoms with van der Waals surface area (Å²) in [5, 5.41) is 0. The molecule has 0 heterocycles. The number of rotatable bonds is 9. The van der Waals surface area contributed by atoms with Gasteiger partial charge in [-0.2, -0.15) is 0 Å². The Hall–Kier alpha value is 0.137. The van der Waals surface area contributed by atoms with Crippen molar-refractivity contribution in [1.29, 1.82) is 0 Å². The molecule has 136 valence electrons. The summed E-state index contributed by atoms with van der Waals surface area (Å²) in [5.41, 5.74) is 0.140. The lowest BCUT2D eigenvalue weighted by molar-refractivity contribution is -0.0887. The van der Waals surface area contributed by atoms with Gasteiger partial charge in [0.2, 0.25) is 0 Å². The van der Waals surface area contributed by atoms with E-state index >= 15 is 0 Å². The van der Waals surface area contributed by atoms with E-state index in [1.165, 1.54) is 70.6 Å². The molecule has 1 unspecified atom stereocenters. The molecule has 3 heteroatoms. The third kappa shape index (κ3) is 5.06. The molecule has 2 rings (SSSR count). The Bertz CT molecular complexity index is 291. The molecule has 0 aromatic carbocycles. The summed E-state index contributed by atoms with van der Waals surface area (Å²) in [6.07, 6.45) is 16.4. The van der Waals surface area contributed by atoms with E-state index in [1.807, 2.05) is 0 Å². The van der Waals surface area contributed by atoms with Gasteiger partial charge in [0.05, 0.1) is 5.60 Å². The van der Waals surface area contributed by atoms with Crippen LogP contribution in [0.2, 0.25) is 6.04 Å². The van der Waals surface area contributed by atoms with Crippen molar-refractivity contribution in [2.45, 2.75) is 109 Å². The molecule has 2 fully saturated rings. The van der Waals surface area contributed by atoms with Crippen LogP contribution in [0.3, 0.4) is 0 Å². The third-order valence-corrected chi connectivity index (χ3v) is 8.31. The highest BCUT2D eigenvalue weighted by molar-refractivity contribution is 6.44. The molecule has 0 spiro atoms. The van der Waals surface area contributed by atoms with E-state index in [-0.39, 0.29) is 5.60 Å². The molecule has 2 nitrogen and oxygen atoms in total. The fraction of sp³-hybridized carbons (Fsp3) is 1.00. The quantitative estimate of drug-likeness (QED) is 0.481.